The van der Waals surface area contributed by atoms with Crippen molar-refractivity contribution in [3.63, 3.8) is 0 Å². The average molecular weight is 275 g/mol. The van der Waals surface area contributed by atoms with Gasteiger partial charge in [0.05, 0.1) is 0 Å². The molecule has 1 saturated carbocycles. The molecule has 2 unspecified atom stereocenters. The van der Waals surface area contributed by atoms with E-state index in [1.165, 1.54) is 37.7 Å². The molecule has 0 saturated heterocycles. The van der Waals surface area contributed by atoms with Crippen LogP contribution >= 0.6 is 0 Å². The van der Waals surface area contributed by atoms with E-state index in [1.54, 1.807) is 0 Å². The molecule has 0 spiro atoms. The van der Waals surface area contributed by atoms with Crippen LogP contribution in [-0.2, 0) is 6.54 Å². The minimum atomic E-state index is 0.155. The first kappa shape index (κ1) is 14.9. The normalized spacial score (nSPS) is 24.4. The highest BCUT2D eigenvalue weighted by Gasteiger charge is 2.18. The quantitative estimate of drug-likeness (QED) is 0.260. The number of rotatable bonds is 4. The first-order valence-electron chi connectivity index (χ1n) is 7.51. The zero-order valence-corrected chi connectivity index (χ0v) is 12.2. The van der Waals surface area contributed by atoms with Gasteiger partial charge >= 0.3 is 0 Å². The van der Waals surface area contributed by atoms with Crippen LogP contribution in [0.2, 0.25) is 0 Å². The Morgan fingerprint density at radius 3 is 2.65 bits per heavy atom. The first-order chi connectivity index (χ1) is 9.70. The minimum Gasteiger partial charge on any atom is -0.409 e. The monoisotopic (exact) mass is 275 g/mol. The molecule has 4 nitrogen and oxygen atoms in total. The van der Waals surface area contributed by atoms with Gasteiger partial charge in [-0.05, 0) is 24.3 Å². The minimum absolute atomic E-state index is 0.155. The number of oxime groups is 1. The van der Waals surface area contributed by atoms with Gasteiger partial charge in [0.2, 0.25) is 0 Å². The molecule has 1 aliphatic rings. The summed E-state index contributed by atoms with van der Waals surface area (Å²) < 4.78 is 0. The molecule has 1 aliphatic carbocycles. The predicted molar refractivity (Wildman–Crippen MR) is 81.8 cm³/mol. The number of benzene rings is 1. The Labute approximate surface area is 121 Å². The molecule has 0 bridgehead atoms. The van der Waals surface area contributed by atoms with Crippen LogP contribution in [0, 0.1) is 5.92 Å². The molecule has 20 heavy (non-hydrogen) atoms. The summed E-state index contributed by atoms with van der Waals surface area (Å²) in [5.41, 5.74) is 7.54. The van der Waals surface area contributed by atoms with Crippen LogP contribution in [0.4, 0.5) is 0 Å². The van der Waals surface area contributed by atoms with E-state index < -0.39 is 0 Å². The van der Waals surface area contributed by atoms with E-state index in [-0.39, 0.29) is 5.84 Å². The van der Waals surface area contributed by atoms with Crippen LogP contribution in [0.3, 0.4) is 0 Å². The van der Waals surface area contributed by atoms with Crippen molar-refractivity contribution >= 4 is 5.84 Å². The fraction of sp³-hybridized carbons (Fsp3) is 0.562. The van der Waals surface area contributed by atoms with Gasteiger partial charge in [0.25, 0.3) is 0 Å². The van der Waals surface area contributed by atoms with E-state index in [4.69, 9.17) is 10.9 Å². The fourth-order valence-electron chi connectivity index (χ4n) is 2.90. The van der Waals surface area contributed by atoms with Gasteiger partial charge in [0.1, 0.15) is 0 Å². The molecule has 2 rings (SSSR count). The lowest BCUT2D eigenvalue weighted by atomic mass is 9.96. The average Bonchev–Trinajstić information content (AvgIpc) is 2.69. The van der Waals surface area contributed by atoms with E-state index in [1.807, 2.05) is 24.3 Å². The lowest BCUT2D eigenvalue weighted by Crippen LogP contribution is -2.33. The SMILES string of the molecule is CC1CCCCCC1NCc1ccc(C(N)=NO)cc1. The van der Waals surface area contributed by atoms with Gasteiger partial charge in [-0.3, -0.25) is 0 Å². The highest BCUT2D eigenvalue weighted by atomic mass is 16.4. The molecular weight excluding hydrogens is 250 g/mol. The van der Waals surface area contributed by atoms with Gasteiger partial charge in [-0.15, -0.1) is 0 Å². The Kier molecular flexibility index (Phi) is 5.41. The molecule has 0 aliphatic heterocycles. The van der Waals surface area contributed by atoms with Gasteiger partial charge in [-0.2, -0.15) is 0 Å². The number of hydrogen-bond acceptors (Lipinski definition) is 3. The third kappa shape index (κ3) is 3.97. The van der Waals surface area contributed by atoms with E-state index in [2.05, 4.69) is 17.4 Å². The molecule has 1 fully saturated rings. The summed E-state index contributed by atoms with van der Waals surface area (Å²) in [7, 11) is 0. The maximum absolute atomic E-state index is 8.64. The van der Waals surface area contributed by atoms with Gasteiger partial charge in [0, 0.05) is 18.2 Å². The van der Waals surface area contributed by atoms with Crippen molar-refractivity contribution in [1.82, 2.24) is 5.32 Å². The Morgan fingerprint density at radius 2 is 1.95 bits per heavy atom. The zero-order chi connectivity index (χ0) is 14.4. The zero-order valence-electron chi connectivity index (χ0n) is 12.2. The molecule has 0 radical (unpaired) electrons. The second-order valence-electron chi connectivity index (χ2n) is 5.78. The van der Waals surface area contributed by atoms with Crippen molar-refractivity contribution in [2.45, 2.75) is 51.6 Å². The maximum atomic E-state index is 8.64. The topological polar surface area (TPSA) is 70.6 Å². The molecule has 0 aromatic heterocycles. The van der Waals surface area contributed by atoms with Crippen molar-refractivity contribution in [1.29, 1.82) is 0 Å². The van der Waals surface area contributed by atoms with Gasteiger partial charge < -0.3 is 16.3 Å². The summed E-state index contributed by atoms with van der Waals surface area (Å²) in [6.45, 7) is 3.23. The molecule has 4 heteroatoms. The summed E-state index contributed by atoms with van der Waals surface area (Å²) >= 11 is 0. The van der Waals surface area contributed by atoms with Crippen molar-refractivity contribution in [3.8, 4) is 0 Å². The van der Waals surface area contributed by atoms with Crippen LogP contribution in [0.1, 0.15) is 50.2 Å². The van der Waals surface area contributed by atoms with Crippen molar-refractivity contribution in [2.24, 2.45) is 16.8 Å². The van der Waals surface area contributed by atoms with E-state index in [0.29, 0.717) is 6.04 Å². The molecule has 1 aromatic rings. The molecule has 0 amide bonds. The third-order valence-electron chi connectivity index (χ3n) is 4.29. The molecule has 110 valence electrons. The van der Waals surface area contributed by atoms with Gasteiger partial charge in [0.15, 0.2) is 5.84 Å². The van der Waals surface area contributed by atoms with Crippen LogP contribution < -0.4 is 11.1 Å². The number of amidine groups is 1. The molecule has 0 heterocycles. The van der Waals surface area contributed by atoms with Crippen molar-refractivity contribution in [3.05, 3.63) is 35.4 Å². The summed E-state index contributed by atoms with van der Waals surface area (Å²) in [6, 6.07) is 8.47. The van der Waals surface area contributed by atoms with E-state index in [9.17, 15) is 0 Å². The van der Waals surface area contributed by atoms with Gasteiger partial charge in [-0.1, -0.05) is 55.6 Å². The van der Waals surface area contributed by atoms with Crippen LogP contribution in [0.25, 0.3) is 0 Å². The fourth-order valence-corrected chi connectivity index (χ4v) is 2.90. The van der Waals surface area contributed by atoms with Gasteiger partial charge in [-0.25, -0.2) is 0 Å². The number of hydrogen-bond donors (Lipinski definition) is 3. The van der Waals surface area contributed by atoms with Crippen LogP contribution in [0.15, 0.2) is 29.4 Å². The molecular formula is C16H25N3O. The van der Waals surface area contributed by atoms with E-state index in [0.717, 1.165) is 18.0 Å². The summed E-state index contributed by atoms with van der Waals surface area (Å²) in [5.74, 6) is 0.913. The number of nitrogens with two attached hydrogens (primary N) is 1. The first-order valence-corrected chi connectivity index (χ1v) is 7.51. The summed E-state index contributed by atoms with van der Waals surface area (Å²) in [5, 5.41) is 15.3. The number of nitrogens with zero attached hydrogens (tertiary/aromatic N) is 1. The highest BCUT2D eigenvalue weighted by Crippen LogP contribution is 2.23. The summed E-state index contributed by atoms with van der Waals surface area (Å²) in [4.78, 5) is 0. The third-order valence-corrected chi connectivity index (χ3v) is 4.29. The molecule has 4 N–H and O–H groups in total. The Balaban J connectivity index is 1.90. The Bertz CT molecular complexity index is 442. The second kappa shape index (κ2) is 7.29. The largest absolute Gasteiger partial charge is 0.409 e. The molecule has 2 atom stereocenters. The van der Waals surface area contributed by atoms with Crippen LogP contribution in [0.5, 0.6) is 0 Å². The Hall–Kier alpha value is -1.55. The predicted octanol–water partition coefficient (Wildman–Crippen LogP) is 2.84. The van der Waals surface area contributed by atoms with E-state index >= 15 is 0 Å². The lowest BCUT2D eigenvalue weighted by Gasteiger charge is -2.23. The maximum Gasteiger partial charge on any atom is 0.170 e. The standard InChI is InChI=1S/C16H25N3O/c1-12-5-3-2-4-6-15(12)18-11-13-7-9-14(10-8-13)16(17)19-20/h7-10,12,15,18,20H,2-6,11H2,1H3,(H2,17,19). The number of nitrogens with one attached hydrogen (secondary N) is 1. The van der Waals surface area contributed by atoms with Crippen molar-refractivity contribution < 1.29 is 5.21 Å². The Morgan fingerprint density at radius 1 is 1.25 bits per heavy atom. The molecule has 1 aromatic carbocycles. The smallest absolute Gasteiger partial charge is 0.170 e. The second-order valence-corrected chi connectivity index (χ2v) is 5.78. The summed E-state index contributed by atoms with van der Waals surface area (Å²) in [6.07, 6.45) is 6.69. The highest BCUT2D eigenvalue weighted by molar-refractivity contribution is 5.96. The van der Waals surface area contributed by atoms with Crippen molar-refractivity contribution in [2.75, 3.05) is 0 Å². The lowest BCUT2D eigenvalue weighted by molar-refractivity contribution is 0.318. The van der Waals surface area contributed by atoms with Crippen LogP contribution in [-0.4, -0.2) is 17.1 Å².